The number of rotatable bonds is 4. The highest BCUT2D eigenvalue weighted by molar-refractivity contribution is 5.91. The van der Waals surface area contributed by atoms with E-state index in [0.29, 0.717) is 0 Å². The van der Waals surface area contributed by atoms with E-state index in [2.05, 4.69) is 5.32 Å². The Morgan fingerprint density at radius 3 is 2.37 bits per heavy atom. The summed E-state index contributed by atoms with van der Waals surface area (Å²) in [6.07, 6.45) is -0.718. The third-order valence-electron chi connectivity index (χ3n) is 2.90. The molecule has 1 amide bonds. The van der Waals surface area contributed by atoms with Crippen LogP contribution in [0, 0.1) is 6.92 Å². The van der Waals surface area contributed by atoms with Crippen LogP contribution in [-0.2, 0) is 4.79 Å². The smallest absolute Gasteiger partial charge is 0.227 e. The molecule has 19 heavy (non-hydrogen) atoms. The maximum absolute atomic E-state index is 11.8. The Balaban J connectivity index is 1.93. The molecule has 0 aliphatic carbocycles. The Morgan fingerprint density at radius 1 is 1.11 bits per heavy atom. The molecule has 0 radical (unpaired) electrons. The molecular formula is C16H17NO2. The van der Waals surface area contributed by atoms with Crippen LogP contribution in [0.25, 0.3) is 0 Å². The first-order valence-electron chi connectivity index (χ1n) is 6.24. The Labute approximate surface area is 112 Å². The van der Waals surface area contributed by atoms with E-state index in [0.717, 1.165) is 16.8 Å². The minimum Gasteiger partial charge on any atom is -0.388 e. The number of carbonyl (C=O) groups is 1. The molecule has 2 aromatic rings. The number of nitrogens with one attached hydrogen (secondary N) is 1. The van der Waals surface area contributed by atoms with Crippen LogP contribution < -0.4 is 5.32 Å². The lowest BCUT2D eigenvalue weighted by atomic mass is 10.1. The Hall–Kier alpha value is -2.13. The predicted molar refractivity (Wildman–Crippen MR) is 75.8 cm³/mol. The fraction of sp³-hybridized carbons (Fsp3) is 0.188. The highest BCUT2D eigenvalue weighted by Gasteiger charge is 2.12. The Bertz CT molecular complexity index is 534. The number of amides is 1. The topological polar surface area (TPSA) is 49.3 Å². The van der Waals surface area contributed by atoms with Gasteiger partial charge in [-0.1, -0.05) is 48.0 Å². The second kappa shape index (κ2) is 6.16. The Kier molecular flexibility index (Phi) is 4.31. The summed E-state index contributed by atoms with van der Waals surface area (Å²) in [6, 6.07) is 16.7. The summed E-state index contributed by atoms with van der Waals surface area (Å²) in [6.45, 7) is 1.99. The van der Waals surface area contributed by atoms with E-state index in [9.17, 15) is 9.90 Å². The molecule has 2 N–H and O–H groups in total. The number of carbonyl (C=O) groups excluding carboxylic acids is 1. The van der Waals surface area contributed by atoms with Gasteiger partial charge in [0.25, 0.3) is 0 Å². The summed E-state index contributed by atoms with van der Waals surface area (Å²) in [5.41, 5.74) is 2.64. The summed E-state index contributed by atoms with van der Waals surface area (Å²) in [5, 5.41) is 12.7. The van der Waals surface area contributed by atoms with Crippen molar-refractivity contribution in [3.05, 3.63) is 65.7 Å². The number of aryl methyl sites for hydroxylation is 1. The standard InChI is InChI=1S/C16H17NO2/c1-12-7-9-14(10-8-12)17-16(19)11-15(18)13-5-3-2-4-6-13/h2-10,15,18H,11H2,1H3,(H,17,19). The van der Waals surface area contributed by atoms with Crippen molar-refractivity contribution in [3.63, 3.8) is 0 Å². The molecule has 2 rings (SSSR count). The van der Waals surface area contributed by atoms with Crippen LogP contribution in [0.2, 0.25) is 0 Å². The van der Waals surface area contributed by atoms with Crippen molar-refractivity contribution in [1.82, 2.24) is 0 Å². The molecule has 0 fully saturated rings. The number of aliphatic hydroxyl groups excluding tert-OH is 1. The molecule has 98 valence electrons. The van der Waals surface area contributed by atoms with Gasteiger partial charge in [-0.05, 0) is 24.6 Å². The lowest BCUT2D eigenvalue weighted by molar-refractivity contribution is -0.118. The van der Waals surface area contributed by atoms with Crippen LogP contribution in [-0.4, -0.2) is 11.0 Å². The molecule has 1 atom stereocenters. The summed E-state index contributed by atoms with van der Waals surface area (Å²) in [5.74, 6) is -0.194. The van der Waals surface area contributed by atoms with Gasteiger partial charge in [-0.15, -0.1) is 0 Å². The second-order valence-electron chi connectivity index (χ2n) is 4.54. The van der Waals surface area contributed by atoms with Crippen LogP contribution in [0.1, 0.15) is 23.7 Å². The molecule has 0 aromatic heterocycles. The number of benzene rings is 2. The van der Waals surface area contributed by atoms with E-state index in [1.165, 1.54) is 0 Å². The maximum Gasteiger partial charge on any atom is 0.227 e. The lowest BCUT2D eigenvalue weighted by Crippen LogP contribution is -2.15. The average molecular weight is 255 g/mol. The van der Waals surface area contributed by atoms with E-state index in [4.69, 9.17) is 0 Å². The SMILES string of the molecule is Cc1ccc(NC(=O)CC(O)c2ccccc2)cc1. The van der Waals surface area contributed by atoms with E-state index < -0.39 is 6.10 Å². The Morgan fingerprint density at radius 2 is 1.74 bits per heavy atom. The molecular weight excluding hydrogens is 238 g/mol. The van der Waals surface area contributed by atoms with Crippen molar-refractivity contribution >= 4 is 11.6 Å². The zero-order valence-electron chi connectivity index (χ0n) is 10.8. The molecule has 3 heteroatoms. The fourth-order valence-corrected chi connectivity index (χ4v) is 1.82. The van der Waals surface area contributed by atoms with E-state index >= 15 is 0 Å². The van der Waals surface area contributed by atoms with Gasteiger partial charge >= 0.3 is 0 Å². The summed E-state index contributed by atoms with van der Waals surface area (Å²) in [7, 11) is 0. The van der Waals surface area contributed by atoms with Crippen molar-refractivity contribution < 1.29 is 9.90 Å². The highest BCUT2D eigenvalue weighted by Crippen LogP contribution is 2.17. The molecule has 0 aliphatic rings. The summed E-state index contributed by atoms with van der Waals surface area (Å²) < 4.78 is 0. The molecule has 0 heterocycles. The minimum atomic E-state index is -0.772. The van der Waals surface area contributed by atoms with Gasteiger partial charge < -0.3 is 10.4 Å². The fourth-order valence-electron chi connectivity index (χ4n) is 1.82. The second-order valence-corrected chi connectivity index (χ2v) is 4.54. The van der Waals surface area contributed by atoms with Crippen molar-refractivity contribution in [2.75, 3.05) is 5.32 Å². The molecule has 0 aliphatic heterocycles. The molecule has 3 nitrogen and oxygen atoms in total. The summed E-state index contributed by atoms with van der Waals surface area (Å²) in [4.78, 5) is 11.8. The van der Waals surface area contributed by atoms with Crippen LogP contribution in [0.3, 0.4) is 0 Å². The van der Waals surface area contributed by atoms with Crippen molar-refractivity contribution in [3.8, 4) is 0 Å². The number of hydrogen-bond donors (Lipinski definition) is 2. The summed E-state index contributed by atoms with van der Waals surface area (Å²) >= 11 is 0. The van der Waals surface area contributed by atoms with E-state index in [1.807, 2.05) is 61.5 Å². The van der Waals surface area contributed by atoms with Gasteiger partial charge in [0.2, 0.25) is 5.91 Å². The number of aliphatic hydroxyl groups is 1. The van der Waals surface area contributed by atoms with Crippen LogP contribution in [0.4, 0.5) is 5.69 Å². The first-order chi connectivity index (χ1) is 9.15. The first kappa shape index (κ1) is 13.3. The minimum absolute atomic E-state index is 0.0535. The molecule has 0 bridgehead atoms. The van der Waals surface area contributed by atoms with Crippen molar-refractivity contribution in [2.45, 2.75) is 19.4 Å². The third kappa shape index (κ3) is 3.93. The first-order valence-corrected chi connectivity index (χ1v) is 6.24. The van der Waals surface area contributed by atoms with Crippen LogP contribution >= 0.6 is 0 Å². The predicted octanol–water partition coefficient (Wildman–Crippen LogP) is 3.06. The van der Waals surface area contributed by atoms with Crippen LogP contribution in [0.5, 0.6) is 0 Å². The monoisotopic (exact) mass is 255 g/mol. The largest absolute Gasteiger partial charge is 0.388 e. The van der Waals surface area contributed by atoms with Gasteiger partial charge in [0.1, 0.15) is 0 Å². The maximum atomic E-state index is 11.8. The van der Waals surface area contributed by atoms with Gasteiger partial charge in [-0.2, -0.15) is 0 Å². The molecule has 2 aromatic carbocycles. The number of hydrogen-bond acceptors (Lipinski definition) is 2. The molecule has 0 saturated carbocycles. The number of anilines is 1. The van der Waals surface area contributed by atoms with Gasteiger partial charge in [-0.3, -0.25) is 4.79 Å². The van der Waals surface area contributed by atoms with Gasteiger partial charge in [-0.25, -0.2) is 0 Å². The normalized spacial score (nSPS) is 11.9. The quantitative estimate of drug-likeness (QED) is 0.882. The van der Waals surface area contributed by atoms with Gasteiger partial charge in [0.15, 0.2) is 0 Å². The van der Waals surface area contributed by atoms with Crippen molar-refractivity contribution in [2.24, 2.45) is 0 Å². The zero-order valence-corrected chi connectivity index (χ0v) is 10.8. The molecule has 0 spiro atoms. The van der Waals surface area contributed by atoms with Gasteiger partial charge in [0, 0.05) is 5.69 Å². The molecule has 0 saturated heterocycles. The van der Waals surface area contributed by atoms with Crippen molar-refractivity contribution in [1.29, 1.82) is 0 Å². The van der Waals surface area contributed by atoms with Crippen LogP contribution in [0.15, 0.2) is 54.6 Å². The van der Waals surface area contributed by atoms with E-state index in [1.54, 1.807) is 0 Å². The zero-order chi connectivity index (χ0) is 13.7. The third-order valence-corrected chi connectivity index (χ3v) is 2.90. The average Bonchev–Trinajstić information content (AvgIpc) is 2.42. The van der Waals surface area contributed by atoms with E-state index in [-0.39, 0.29) is 12.3 Å². The highest BCUT2D eigenvalue weighted by atomic mass is 16.3. The molecule has 1 unspecified atom stereocenters. The lowest BCUT2D eigenvalue weighted by Gasteiger charge is -2.11. The van der Waals surface area contributed by atoms with Gasteiger partial charge in [0.05, 0.1) is 12.5 Å².